The Bertz CT molecular complexity index is 668. The van der Waals surface area contributed by atoms with Gasteiger partial charge in [-0.2, -0.15) is 0 Å². The Morgan fingerprint density at radius 1 is 1.07 bits per heavy atom. The van der Waals surface area contributed by atoms with Gasteiger partial charge in [0.05, 0.1) is 12.2 Å². The van der Waals surface area contributed by atoms with E-state index in [0.717, 1.165) is 28.9 Å². The summed E-state index contributed by atoms with van der Waals surface area (Å²) in [4.78, 5) is 0. The van der Waals surface area contributed by atoms with Gasteiger partial charge in [-0.1, -0.05) is 64.7 Å². The average Bonchev–Trinajstić information content (AvgIpc) is 3.00. The van der Waals surface area contributed by atoms with Crippen LogP contribution in [0, 0.1) is 23.2 Å². The third-order valence-corrected chi connectivity index (χ3v) is 8.31. The lowest BCUT2D eigenvalue weighted by atomic mass is 9.64. The van der Waals surface area contributed by atoms with Crippen LogP contribution >= 0.6 is 0 Å². The van der Waals surface area contributed by atoms with E-state index in [-0.39, 0.29) is 0 Å². The van der Waals surface area contributed by atoms with E-state index >= 15 is 0 Å². The van der Waals surface area contributed by atoms with Crippen LogP contribution in [-0.2, 0) is 0 Å². The Morgan fingerprint density at radius 3 is 2.52 bits per heavy atom. The number of rotatable bonds is 7. The van der Waals surface area contributed by atoms with Crippen LogP contribution < -0.4 is 0 Å². The van der Waals surface area contributed by atoms with E-state index in [1.165, 1.54) is 51.4 Å². The minimum Gasteiger partial charge on any atom is -0.393 e. The Labute approximate surface area is 179 Å². The molecule has 2 nitrogen and oxygen atoms in total. The van der Waals surface area contributed by atoms with Crippen molar-refractivity contribution in [1.29, 1.82) is 0 Å². The molecule has 0 saturated heterocycles. The molecule has 0 aromatic rings. The van der Waals surface area contributed by atoms with Gasteiger partial charge in [-0.3, -0.25) is 0 Å². The number of aliphatic hydroxyl groups is 2. The van der Waals surface area contributed by atoms with E-state index in [2.05, 4.69) is 39.8 Å². The molecule has 3 aliphatic rings. The molecule has 2 N–H and O–H groups in total. The molecular weight excluding hydrogens is 356 g/mol. The molecule has 0 spiro atoms. The molecule has 2 heteroatoms. The van der Waals surface area contributed by atoms with Gasteiger partial charge < -0.3 is 10.2 Å². The summed E-state index contributed by atoms with van der Waals surface area (Å²) in [5, 5.41) is 20.2. The first-order valence-corrected chi connectivity index (χ1v) is 12.2. The van der Waals surface area contributed by atoms with Crippen molar-refractivity contribution in [2.75, 3.05) is 0 Å². The predicted molar refractivity (Wildman–Crippen MR) is 123 cm³/mol. The highest BCUT2D eigenvalue weighted by Gasteiger charge is 2.46. The molecule has 3 aliphatic carbocycles. The van der Waals surface area contributed by atoms with Gasteiger partial charge >= 0.3 is 0 Å². The minimum atomic E-state index is -0.491. The van der Waals surface area contributed by atoms with Crippen molar-refractivity contribution in [3.05, 3.63) is 34.4 Å². The average molecular weight is 401 g/mol. The summed E-state index contributed by atoms with van der Waals surface area (Å²) in [5.41, 5.74) is 5.82. The molecule has 1 saturated carbocycles. The van der Waals surface area contributed by atoms with Gasteiger partial charge in [-0.15, -0.1) is 0 Å². The first-order chi connectivity index (χ1) is 13.7. The maximum atomic E-state index is 10.2. The summed E-state index contributed by atoms with van der Waals surface area (Å²) >= 11 is 0. The largest absolute Gasteiger partial charge is 0.393 e. The first kappa shape index (κ1) is 22.8. The quantitative estimate of drug-likeness (QED) is 0.497. The standard InChI is InChI=1S/C27H44O2/c1-18(2)8-6-9-19(3)24-13-14-25-21(10-7-15-27(24,25)5)11-12-22-16-23(28)17-26(29)20(22)4/h11-12,18-19,23-24,26,28-29H,6-10,13-17H2,1-5H3/b12-11-/t19-,23-,24-,26+,27-/m1/s1. The van der Waals surface area contributed by atoms with Gasteiger partial charge in [-0.05, 0) is 85.3 Å². The van der Waals surface area contributed by atoms with Gasteiger partial charge in [0.2, 0.25) is 0 Å². The molecule has 1 fully saturated rings. The highest BCUT2D eigenvalue weighted by atomic mass is 16.3. The van der Waals surface area contributed by atoms with E-state index in [9.17, 15) is 10.2 Å². The van der Waals surface area contributed by atoms with Gasteiger partial charge in [-0.25, -0.2) is 0 Å². The zero-order chi connectivity index (χ0) is 21.2. The van der Waals surface area contributed by atoms with Crippen molar-refractivity contribution in [3.63, 3.8) is 0 Å². The number of allylic oxidation sites excluding steroid dienone is 4. The normalized spacial score (nSPS) is 34.4. The van der Waals surface area contributed by atoms with Crippen molar-refractivity contribution in [1.82, 2.24) is 0 Å². The lowest BCUT2D eigenvalue weighted by Crippen LogP contribution is -2.31. The van der Waals surface area contributed by atoms with E-state index in [0.29, 0.717) is 18.3 Å². The van der Waals surface area contributed by atoms with E-state index in [1.807, 2.05) is 6.92 Å². The summed E-state index contributed by atoms with van der Waals surface area (Å²) in [7, 11) is 0. The molecule has 0 heterocycles. The second-order valence-corrected chi connectivity index (χ2v) is 10.9. The Morgan fingerprint density at radius 2 is 1.79 bits per heavy atom. The van der Waals surface area contributed by atoms with Crippen LogP contribution in [0.1, 0.15) is 98.8 Å². The molecule has 5 atom stereocenters. The smallest absolute Gasteiger partial charge is 0.0777 e. The molecule has 3 rings (SSSR count). The fraction of sp³-hybridized carbons (Fsp3) is 0.778. The molecule has 0 amide bonds. The molecule has 164 valence electrons. The SMILES string of the molecule is CC1=C(/C=C\C2=C3CC[C@H]([C@H](C)CCCC(C)C)[C@@]3(C)CCC2)C[C@@H](O)C[C@@H]1O. The summed E-state index contributed by atoms with van der Waals surface area (Å²) in [5.74, 6) is 2.46. The lowest BCUT2D eigenvalue weighted by Gasteiger charge is -2.40. The Hall–Kier alpha value is -0.860. The minimum absolute atomic E-state index is 0.379. The first-order valence-electron chi connectivity index (χ1n) is 12.2. The van der Waals surface area contributed by atoms with Crippen molar-refractivity contribution < 1.29 is 10.2 Å². The molecular formula is C27H44O2. The summed E-state index contributed by atoms with van der Waals surface area (Å²) < 4.78 is 0. The third-order valence-electron chi connectivity index (χ3n) is 8.31. The molecule has 0 aliphatic heterocycles. The van der Waals surface area contributed by atoms with Crippen LogP contribution in [0.3, 0.4) is 0 Å². The number of aliphatic hydroxyl groups excluding tert-OH is 2. The second-order valence-electron chi connectivity index (χ2n) is 10.9. The van der Waals surface area contributed by atoms with Crippen molar-refractivity contribution in [2.45, 2.75) is 111 Å². The van der Waals surface area contributed by atoms with Crippen LogP contribution in [0.15, 0.2) is 34.4 Å². The van der Waals surface area contributed by atoms with Crippen molar-refractivity contribution in [2.24, 2.45) is 23.2 Å². The molecule has 0 aromatic carbocycles. The van der Waals surface area contributed by atoms with Crippen LogP contribution in [-0.4, -0.2) is 22.4 Å². The summed E-state index contributed by atoms with van der Waals surface area (Å²) in [6.45, 7) is 11.7. The van der Waals surface area contributed by atoms with Crippen molar-refractivity contribution >= 4 is 0 Å². The topological polar surface area (TPSA) is 40.5 Å². The maximum absolute atomic E-state index is 10.2. The van der Waals surface area contributed by atoms with E-state index in [4.69, 9.17) is 0 Å². The van der Waals surface area contributed by atoms with Gasteiger partial charge in [0.25, 0.3) is 0 Å². The molecule has 0 bridgehead atoms. The van der Waals surface area contributed by atoms with E-state index < -0.39 is 12.2 Å². The lowest BCUT2D eigenvalue weighted by molar-refractivity contribution is 0.0879. The van der Waals surface area contributed by atoms with E-state index in [1.54, 1.807) is 11.1 Å². The van der Waals surface area contributed by atoms with Crippen molar-refractivity contribution in [3.8, 4) is 0 Å². The van der Waals surface area contributed by atoms with Crippen LogP contribution in [0.4, 0.5) is 0 Å². The highest BCUT2D eigenvalue weighted by Crippen LogP contribution is 2.58. The van der Waals surface area contributed by atoms with Crippen LogP contribution in [0.25, 0.3) is 0 Å². The number of fused-ring (bicyclic) bond motifs is 1. The molecule has 29 heavy (non-hydrogen) atoms. The number of hydrogen-bond acceptors (Lipinski definition) is 2. The van der Waals surface area contributed by atoms with Gasteiger partial charge in [0.1, 0.15) is 0 Å². The molecule has 0 aromatic heterocycles. The third kappa shape index (κ3) is 5.07. The zero-order valence-corrected chi connectivity index (χ0v) is 19.5. The molecule has 0 unspecified atom stereocenters. The monoisotopic (exact) mass is 400 g/mol. The second kappa shape index (κ2) is 9.52. The molecule has 0 radical (unpaired) electrons. The van der Waals surface area contributed by atoms with Gasteiger partial charge in [0, 0.05) is 6.42 Å². The highest BCUT2D eigenvalue weighted by molar-refractivity contribution is 5.40. The van der Waals surface area contributed by atoms with Crippen LogP contribution in [0.5, 0.6) is 0 Å². The zero-order valence-electron chi connectivity index (χ0n) is 19.5. The summed E-state index contributed by atoms with van der Waals surface area (Å²) in [6, 6.07) is 0. The fourth-order valence-electron chi connectivity index (χ4n) is 6.48. The maximum Gasteiger partial charge on any atom is 0.0777 e. The number of hydrogen-bond donors (Lipinski definition) is 2. The Balaban J connectivity index is 1.76. The van der Waals surface area contributed by atoms with Crippen LogP contribution in [0.2, 0.25) is 0 Å². The Kier molecular flexibility index (Phi) is 7.49. The van der Waals surface area contributed by atoms with Gasteiger partial charge in [0.15, 0.2) is 0 Å². The predicted octanol–water partition coefficient (Wildman–Crippen LogP) is 6.73. The summed E-state index contributed by atoms with van der Waals surface area (Å²) in [6.07, 6.45) is 15.3. The fourth-order valence-corrected chi connectivity index (χ4v) is 6.48.